The fourth-order valence-corrected chi connectivity index (χ4v) is 6.11. The van der Waals surface area contributed by atoms with Crippen LogP contribution in [0, 0.1) is 11.3 Å². The van der Waals surface area contributed by atoms with Crippen LogP contribution in [-0.4, -0.2) is 51.7 Å². The number of nitrogens with two attached hydrogens (primary N) is 1. The Kier molecular flexibility index (Phi) is 10.3. The minimum atomic E-state index is -4.29. The Labute approximate surface area is 253 Å². The molecule has 1 fully saturated rings. The third kappa shape index (κ3) is 7.71. The zero-order chi connectivity index (χ0) is 30.3. The number of hydrogen-bond acceptors (Lipinski definition) is 7. The predicted molar refractivity (Wildman–Crippen MR) is 161 cm³/mol. The van der Waals surface area contributed by atoms with Crippen LogP contribution in [0.1, 0.15) is 23.2 Å². The molecule has 1 saturated heterocycles. The molecule has 14 heteroatoms. The number of hydrogen-bond donors (Lipinski definition) is 5. The molecule has 0 saturated carbocycles. The van der Waals surface area contributed by atoms with Gasteiger partial charge < -0.3 is 26.5 Å². The maximum Gasteiger partial charge on any atom is 0.295 e. The first-order chi connectivity index (χ1) is 20.1. The molecule has 0 aliphatic carbocycles. The number of nitrogens with zero attached hydrogens (tertiary/aromatic N) is 1. The minimum absolute atomic E-state index is 0.0352. The maximum absolute atomic E-state index is 13.6. The van der Waals surface area contributed by atoms with Crippen molar-refractivity contribution in [3.63, 3.8) is 0 Å². The van der Waals surface area contributed by atoms with E-state index in [1.165, 1.54) is 42.5 Å². The second-order valence-electron chi connectivity index (χ2n) is 9.53. The van der Waals surface area contributed by atoms with Gasteiger partial charge in [0.2, 0.25) is 5.91 Å². The topological polar surface area (TPSA) is 167 Å². The van der Waals surface area contributed by atoms with Crippen molar-refractivity contribution in [3.8, 4) is 5.75 Å². The van der Waals surface area contributed by atoms with E-state index in [2.05, 4.69) is 16.0 Å². The number of anilines is 1. The maximum atomic E-state index is 13.6. The van der Waals surface area contributed by atoms with E-state index in [0.717, 1.165) is 30.4 Å². The Morgan fingerprint density at radius 2 is 1.71 bits per heavy atom. The summed E-state index contributed by atoms with van der Waals surface area (Å²) in [6.45, 7) is 1.21. The van der Waals surface area contributed by atoms with Gasteiger partial charge in [0, 0.05) is 10.6 Å². The fourth-order valence-electron chi connectivity index (χ4n) is 4.42. The predicted octanol–water partition coefficient (Wildman–Crippen LogP) is 3.33. The second-order valence-corrected chi connectivity index (χ2v) is 12.1. The Morgan fingerprint density at radius 3 is 2.33 bits per heavy atom. The quantitative estimate of drug-likeness (QED) is 0.123. The summed E-state index contributed by atoms with van der Waals surface area (Å²) in [6.07, 6.45) is 1.54. The van der Waals surface area contributed by atoms with Crippen LogP contribution in [0.3, 0.4) is 0 Å². The van der Waals surface area contributed by atoms with E-state index < -0.39 is 27.9 Å². The molecular formula is C28H30Cl2N6O5S. The summed E-state index contributed by atoms with van der Waals surface area (Å²) < 4.78 is 28.0. The van der Waals surface area contributed by atoms with Crippen LogP contribution in [-0.2, 0) is 14.8 Å². The van der Waals surface area contributed by atoms with Crippen LogP contribution >= 0.6 is 23.2 Å². The van der Waals surface area contributed by atoms with Crippen molar-refractivity contribution in [3.05, 3.63) is 88.4 Å². The fraction of sp³-hybridized carbons (Fsp3) is 0.250. The highest BCUT2D eigenvalue weighted by molar-refractivity contribution is 7.92. The lowest BCUT2D eigenvalue weighted by Crippen LogP contribution is -2.53. The molecule has 0 aromatic heterocycles. The summed E-state index contributed by atoms with van der Waals surface area (Å²) in [5, 5.41) is 16.8. The lowest BCUT2D eigenvalue weighted by molar-refractivity contribution is -0.120. The average Bonchev–Trinajstić information content (AvgIpc) is 2.99. The van der Waals surface area contributed by atoms with Gasteiger partial charge in [-0.25, -0.2) is 0 Å². The summed E-state index contributed by atoms with van der Waals surface area (Å²) in [5.74, 6) is -1.11. The number of piperidine rings is 1. The van der Waals surface area contributed by atoms with Crippen LogP contribution in [0.4, 0.5) is 5.69 Å². The van der Waals surface area contributed by atoms with Gasteiger partial charge in [0.15, 0.2) is 5.75 Å². The number of nitrogens with one attached hydrogen (secondary N) is 4. The van der Waals surface area contributed by atoms with Crippen LogP contribution < -0.4 is 31.0 Å². The molecule has 4 rings (SSSR count). The zero-order valence-corrected chi connectivity index (χ0v) is 24.7. The Balaban J connectivity index is 1.45. The summed E-state index contributed by atoms with van der Waals surface area (Å²) in [6, 6.07) is 17.1. The standard InChI is InChI=1S/C28H30Cl2N6O5S/c29-20-8-11-24(23(30)16-20)41-36(21-4-2-1-3-5-21)42(39,40)22-9-6-19(7-10-22)28(38)34-17-25(37)35-26(27(31)32)18-12-14-33-15-13-18/h1-11,16,18,26,33H,12-15,17H2,(H3,31,32)(H,34,38)(H,35,37). The van der Waals surface area contributed by atoms with Gasteiger partial charge in [-0.15, -0.1) is 0 Å². The van der Waals surface area contributed by atoms with Gasteiger partial charge in [-0.1, -0.05) is 45.9 Å². The molecule has 42 heavy (non-hydrogen) atoms. The van der Waals surface area contributed by atoms with E-state index in [-0.39, 0.29) is 45.2 Å². The molecule has 3 aromatic rings. The molecule has 6 N–H and O–H groups in total. The van der Waals surface area contributed by atoms with Crippen molar-refractivity contribution in [2.45, 2.75) is 23.8 Å². The van der Waals surface area contributed by atoms with E-state index in [0.29, 0.717) is 5.02 Å². The zero-order valence-electron chi connectivity index (χ0n) is 22.3. The number of sulfonamides is 1. The van der Waals surface area contributed by atoms with Gasteiger partial charge >= 0.3 is 0 Å². The average molecular weight is 634 g/mol. The van der Waals surface area contributed by atoms with Crippen molar-refractivity contribution in [1.29, 1.82) is 5.41 Å². The highest BCUT2D eigenvalue weighted by Gasteiger charge is 2.29. The van der Waals surface area contributed by atoms with E-state index in [1.807, 2.05) is 0 Å². The van der Waals surface area contributed by atoms with Gasteiger partial charge in [-0.05, 0) is 86.4 Å². The molecule has 0 bridgehead atoms. The number of halogens is 2. The van der Waals surface area contributed by atoms with Crippen molar-refractivity contribution >= 4 is 56.6 Å². The summed E-state index contributed by atoms with van der Waals surface area (Å²) >= 11 is 12.2. The lowest BCUT2D eigenvalue weighted by Gasteiger charge is -2.30. The van der Waals surface area contributed by atoms with E-state index in [1.54, 1.807) is 30.3 Å². The van der Waals surface area contributed by atoms with Gasteiger partial charge in [-0.3, -0.25) is 15.0 Å². The van der Waals surface area contributed by atoms with Crippen LogP contribution in [0.2, 0.25) is 10.0 Å². The molecule has 1 atom stereocenters. The number of para-hydroxylation sites is 1. The summed E-state index contributed by atoms with van der Waals surface area (Å²) in [4.78, 5) is 30.8. The van der Waals surface area contributed by atoms with Crippen molar-refractivity contribution in [2.75, 3.05) is 24.1 Å². The summed E-state index contributed by atoms with van der Waals surface area (Å²) in [5.41, 5.74) is 6.06. The number of carbonyl (C=O) groups excluding carboxylic acids is 2. The molecule has 0 spiro atoms. The van der Waals surface area contributed by atoms with E-state index in [9.17, 15) is 18.0 Å². The molecular weight excluding hydrogens is 603 g/mol. The molecule has 1 aliphatic heterocycles. The van der Waals surface area contributed by atoms with Gasteiger partial charge in [0.25, 0.3) is 15.9 Å². The third-order valence-electron chi connectivity index (χ3n) is 6.59. The Hall–Kier alpha value is -3.84. The van der Waals surface area contributed by atoms with Crippen molar-refractivity contribution < 1.29 is 22.8 Å². The Bertz CT molecular complexity index is 1530. The van der Waals surface area contributed by atoms with Crippen LogP contribution in [0.25, 0.3) is 0 Å². The number of amidine groups is 1. The normalized spacial score (nSPS) is 14.4. The van der Waals surface area contributed by atoms with Gasteiger partial charge in [0.1, 0.15) is 5.84 Å². The molecule has 3 aromatic carbocycles. The first-order valence-electron chi connectivity index (χ1n) is 13.0. The number of rotatable bonds is 11. The number of carbonyl (C=O) groups is 2. The first kappa shape index (κ1) is 31.1. The molecule has 1 aliphatic rings. The third-order valence-corrected chi connectivity index (χ3v) is 8.71. The number of benzene rings is 3. The monoisotopic (exact) mass is 632 g/mol. The SMILES string of the molecule is N=C(N)C(NC(=O)CNC(=O)c1ccc(S(=O)(=O)N(Oc2ccc(Cl)cc2Cl)c2ccccc2)cc1)C1CCNCC1. The lowest BCUT2D eigenvalue weighted by atomic mass is 9.89. The van der Waals surface area contributed by atoms with Crippen molar-refractivity contribution in [2.24, 2.45) is 11.7 Å². The molecule has 0 radical (unpaired) electrons. The highest BCUT2D eigenvalue weighted by Crippen LogP contribution is 2.32. The largest absolute Gasteiger partial charge is 0.386 e. The first-order valence-corrected chi connectivity index (χ1v) is 15.2. The number of amides is 2. The Morgan fingerprint density at radius 1 is 1.05 bits per heavy atom. The van der Waals surface area contributed by atoms with Gasteiger partial charge in [0.05, 0.1) is 28.2 Å². The summed E-state index contributed by atoms with van der Waals surface area (Å²) in [7, 11) is -4.29. The van der Waals surface area contributed by atoms with Crippen LogP contribution in [0.15, 0.2) is 77.7 Å². The molecule has 2 amide bonds. The van der Waals surface area contributed by atoms with Gasteiger partial charge in [-0.2, -0.15) is 8.42 Å². The van der Waals surface area contributed by atoms with Crippen LogP contribution in [0.5, 0.6) is 5.75 Å². The van der Waals surface area contributed by atoms with E-state index in [4.69, 9.17) is 39.2 Å². The highest BCUT2D eigenvalue weighted by atomic mass is 35.5. The second kappa shape index (κ2) is 13.9. The minimum Gasteiger partial charge on any atom is -0.386 e. The molecule has 1 heterocycles. The van der Waals surface area contributed by atoms with Crippen molar-refractivity contribution in [1.82, 2.24) is 16.0 Å². The van der Waals surface area contributed by atoms with E-state index >= 15 is 0 Å². The molecule has 222 valence electrons. The molecule has 1 unspecified atom stereocenters. The smallest absolute Gasteiger partial charge is 0.295 e. The molecule has 11 nitrogen and oxygen atoms in total.